The van der Waals surface area contributed by atoms with Crippen molar-refractivity contribution in [3.8, 4) is 11.8 Å². The summed E-state index contributed by atoms with van der Waals surface area (Å²) in [6.45, 7) is -0.101. The molecule has 0 aliphatic rings. The highest BCUT2D eigenvalue weighted by molar-refractivity contribution is 5.56. The Labute approximate surface area is 80.4 Å². The van der Waals surface area contributed by atoms with E-state index < -0.39 is 11.6 Å². The minimum absolute atomic E-state index is 0.0279. The second kappa shape index (κ2) is 4.58. The van der Waals surface area contributed by atoms with Gasteiger partial charge in [-0.3, -0.25) is 0 Å². The monoisotopic (exact) mass is 197 g/mol. The van der Waals surface area contributed by atoms with Crippen molar-refractivity contribution in [2.24, 2.45) is 0 Å². The third-order valence-electron chi connectivity index (χ3n) is 1.54. The molecular formula is C10H9F2NO. The fourth-order valence-corrected chi connectivity index (χ4v) is 0.932. The van der Waals surface area contributed by atoms with E-state index in [1.807, 2.05) is 0 Å². The maximum atomic E-state index is 13.1. The van der Waals surface area contributed by atoms with Gasteiger partial charge in [-0.1, -0.05) is 11.8 Å². The molecule has 0 aliphatic carbocycles. The van der Waals surface area contributed by atoms with E-state index in [2.05, 4.69) is 11.8 Å². The van der Waals surface area contributed by atoms with Crippen molar-refractivity contribution in [2.45, 2.75) is 6.42 Å². The highest BCUT2D eigenvalue weighted by Crippen LogP contribution is 2.16. The molecule has 0 saturated carbocycles. The summed E-state index contributed by atoms with van der Waals surface area (Å²) >= 11 is 0. The lowest BCUT2D eigenvalue weighted by atomic mass is 10.1. The SMILES string of the molecule is Nc1cc(F)cc(F)c1C#CCCO. The zero-order valence-electron chi connectivity index (χ0n) is 7.35. The molecule has 74 valence electrons. The van der Waals surface area contributed by atoms with Crippen LogP contribution in [0.1, 0.15) is 12.0 Å². The molecule has 0 radical (unpaired) electrons. The topological polar surface area (TPSA) is 46.2 Å². The Bertz CT molecular complexity index is 370. The molecule has 0 atom stereocenters. The zero-order valence-corrected chi connectivity index (χ0v) is 7.35. The van der Waals surface area contributed by atoms with Crippen LogP contribution in [0.5, 0.6) is 0 Å². The molecule has 0 aliphatic heterocycles. The van der Waals surface area contributed by atoms with Crippen molar-refractivity contribution in [1.29, 1.82) is 0 Å². The molecule has 2 nitrogen and oxygen atoms in total. The standard InChI is InChI=1S/C10H9F2NO/c11-7-5-9(12)8(10(13)6-7)3-1-2-4-14/h5-6,14H,2,4,13H2. The quantitative estimate of drug-likeness (QED) is 0.526. The van der Waals surface area contributed by atoms with Gasteiger partial charge in [-0.2, -0.15) is 0 Å². The van der Waals surface area contributed by atoms with Gasteiger partial charge in [0.1, 0.15) is 11.6 Å². The van der Waals surface area contributed by atoms with Crippen molar-refractivity contribution in [2.75, 3.05) is 12.3 Å². The molecule has 0 heterocycles. The van der Waals surface area contributed by atoms with Crippen LogP contribution in [-0.2, 0) is 0 Å². The van der Waals surface area contributed by atoms with Crippen LogP contribution in [0.25, 0.3) is 0 Å². The van der Waals surface area contributed by atoms with Crippen molar-refractivity contribution >= 4 is 5.69 Å². The number of rotatable bonds is 1. The summed E-state index contributed by atoms with van der Waals surface area (Å²) in [5, 5.41) is 8.44. The molecule has 0 amide bonds. The number of aliphatic hydroxyl groups excluding tert-OH is 1. The number of hydrogen-bond acceptors (Lipinski definition) is 2. The molecule has 0 saturated heterocycles. The lowest BCUT2D eigenvalue weighted by molar-refractivity contribution is 0.305. The Morgan fingerprint density at radius 2 is 2.07 bits per heavy atom. The largest absolute Gasteiger partial charge is 0.398 e. The second-order valence-electron chi connectivity index (χ2n) is 2.63. The van der Waals surface area contributed by atoms with E-state index in [1.165, 1.54) is 0 Å². The maximum Gasteiger partial charge on any atom is 0.143 e. The van der Waals surface area contributed by atoms with E-state index in [9.17, 15) is 8.78 Å². The average molecular weight is 197 g/mol. The first kappa shape index (κ1) is 10.5. The molecule has 1 aromatic rings. The lowest BCUT2D eigenvalue weighted by Gasteiger charge is -1.99. The van der Waals surface area contributed by atoms with Crippen molar-refractivity contribution in [3.63, 3.8) is 0 Å². The molecule has 1 rings (SSSR count). The lowest BCUT2D eigenvalue weighted by Crippen LogP contribution is -1.95. The van der Waals surface area contributed by atoms with E-state index in [-0.39, 0.29) is 24.3 Å². The highest BCUT2D eigenvalue weighted by atomic mass is 19.1. The zero-order chi connectivity index (χ0) is 10.6. The van der Waals surface area contributed by atoms with Gasteiger partial charge in [0, 0.05) is 12.5 Å². The normalized spacial score (nSPS) is 9.36. The van der Waals surface area contributed by atoms with E-state index in [0.717, 1.165) is 12.1 Å². The fraction of sp³-hybridized carbons (Fsp3) is 0.200. The summed E-state index contributed by atoms with van der Waals surface area (Å²) in [6.07, 6.45) is 0.232. The molecule has 0 unspecified atom stereocenters. The Morgan fingerprint density at radius 1 is 1.36 bits per heavy atom. The smallest absolute Gasteiger partial charge is 0.143 e. The Hall–Kier alpha value is -1.60. The van der Waals surface area contributed by atoms with Crippen LogP contribution in [0.4, 0.5) is 14.5 Å². The molecule has 0 spiro atoms. The van der Waals surface area contributed by atoms with Gasteiger partial charge in [0.25, 0.3) is 0 Å². The summed E-state index contributed by atoms with van der Waals surface area (Å²) in [5.41, 5.74) is 5.30. The van der Waals surface area contributed by atoms with E-state index in [1.54, 1.807) is 0 Å². The van der Waals surface area contributed by atoms with E-state index in [4.69, 9.17) is 10.8 Å². The molecule has 0 fully saturated rings. The van der Waals surface area contributed by atoms with Crippen LogP contribution in [0.3, 0.4) is 0 Å². The molecule has 3 N–H and O–H groups in total. The molecule has 14 heavy (non-hydrogen) atoms. The molecule has 4 heteroatoms. The summed E-state index contributed by atoms with van der Waals surface area (Å²) in [6, 6.07) is 1.73. The average Bonchev–Trinajstić information content (AvgIpc) is 2.09. The predicted octanol–water partition coefficient (Wildman–Crippen LogP) is 1.28. The van der Waals surface area contributed by atoms with Gasteiger partial charge in [-0.25, -0.2) is 8.78 Å². The van der Waals surface area contributed by atoms with Crippen molar-refractivity contribution in [3.05, 3.63) is 29.3 Å². The second-order valence-corrected chi connectivity index (χ2v) is 2.63. The van der Waals surface area contributed by atoms with Crippen LogP contribution >= 0.6 is 0 Å². The first-order valence-electron chi connectivity index (χ1n) is 3.99. The minimum atomic E-state index is -0.784. The summed E-state index contributed by atoms with van der Waals surface area (Å²) in [5.74, 6) is 3.43. The van der Waals surface area contributed by atoms with E-state index >= 15 is 0 Å². The molecule has 1 aromatic carbocycles. The number of benzene rings is 1. The fourth-order valence-electron chi connectivity index (χ4n) is 0.932. The number of halogens is 2. The minimum Gasteiger partial charge on any atom is -0.398 e. The third kappa shape index (κ3) is 2.44. The van der Waals surface area contributed by atoms with Gasteiger partial charge in [-0.05, 0) is 6.07 Å². The third-order valence-corrected chi connectivity index (χ3v) is 1.54. The maximum absolute atomic E-state index is 13.1. The number of nitrogen functional groups attached to an aromatic ring is 1. The van der Waals surface area contributed by atoms with Gasteiger partial charge in [-0.15, -0.1) is 0 Å². The number of anilines is 1. The number of nitrogens with two attached hydrogens (primary N) is 1. The van der Waals surface area contributed by atoms with Crippen LogP contribution in [0.15, 0.2) is 12.1 Å². The molecule has 0 aromatic heterocycles. The van der Waals surface area contributed by atoms with Gasteiger partial charge in [0.05, 0.1) is 17.9 Å². The first-order chi connectivity index (χ1) is 6.65. The summed E-state index contributed by atoms with van der Waals surface area (Å²) in [7, 11) is 0. The van der Waals surface area contributed by atoms with Crippen molar-refractivity contribution in [1.82, 2.24) is 0 Å². The highest BCUT2D eigenvalue weighted by Gasteiger charge is 2.05. The van der Waals surface area contributed by atoms with Gasteiger partial charge >= 0.3 is 0 Å². The van der Waals surface area contributed by atoms with Crippen molar-refractivity contribution < 1.29 is 13.9 Å². The van der Waals surface area contributed by atoms with Gasteiger partial charge < -0.3 is 10.8 Å². The molecular weight excluding hydrogens is 188 g/mol. The van der Waals surface area contributed by atoms with Gasteiger partial charge in [0.2, 0.25) is 0 Å². The van der Waals surface area contributed by atoms with Crippen LogP contribution in [-0.4, -0.2) is 11.7 Å². The van der Waals surface area contributed by atoms with Crippen LogP contribution < -0.4 is 5.73 Å². The Balaban J connectivity index is 3.04. The number of hydrogen-bond donors (Lipinski definition) is 2. The molecule has 0 bridgehead atoms. The first-order valence-corrected chi connectivity index (χ1v) is 3.99. The summed E-state index contributed by atoms with van der Waals surface area (Å²) in [4.78, 5) is 0. The summed E-state index contributed by atoms with van der Waals surface area (Å²) < 4.78 is 25.6. The Morgan fingerprint density at radius 3 is 2.64 bits per heavy atom. The van der Waals surface area contributed by atoms with E-state index in [0.29, 0.717) is 0 Å². The van der Waals surface area contributed by atoms with Crippen LogP contribution in [0.2, 0.25) is 0 Å². The predicted molar refractivity (Wildman–Crippen MR) is 49.4 cm³/mol. The number of aliphatic hydroxyl groups is 1. The van der Waals surface area contributed by atoms with Gasteiger partial charge in [0.15, 0.2) is 0 Å². The Kier molecular flexibility index (Phi) is 3.43. The van der Waals surface area contributed by atoms with Crippen LogP contribution in [0, 0.1) is 23.5 Å².